The van der Waals surface area contributed by atoms with Crippen molar-refractivity contribution in [3.8, 4) is 0 Å². The number of carbonyl (C=O) groups excluding carboxylic acids is 1. The lowest BCUT2D eigenvalue weighted by Gasteiger charge is -2.18. The van der Waals surface area contributed by atoms with E-state index in [0.717, 1.165) is 17.6 Å². The van der Waals surface area contributed by atoms with E-state index in [4.69, 9.17) is 0 Å². The summed E-state index contributed by atoms with van der Waals surface area (Å²) in [6, 6.07) is 0. The van der Waals surface area contributed by atoms with Crippen LogP contribution in [-0.4, -0.2) is 5.78 Å². The van der Waals surface area contributed by atoms with Gasteiger partial charge in [0.25, 0.3) is 0 Å². The number of allylic oxidation sites excluding steroid dienone is 4. The molecule has 1 atom stereocenters. The van der Waals surface area contributed by atoms with Crippen LogP contribution in [0.2, 0.25) is 0 Å². The van der Waals surface area contributed by atoms with Gasteiger partial charge in [-0.25, -0.2) is 0 Å². The Bertz CT molecular complexity index is 246. The molecule has 0 aromatic carbocycles. The summed E-state index contributed by atoms with van der Waals surface area (Å²) in [5.41, 5.74) is 1.86. The minimum Gasteiger partial charge on any atom is -0.294 e. The molecule has 58 valence electrons. The Morgan fingerprint density at radius 3 is 2.73 bits per heavy atom. The molecule has 1 rings (SSSR count). The van der Waals surface area contributed by atoms with Gasteiger partial charge in [0, 0.05) is 0 Å². The van der Waals surface area contributed by atoms with Gasteiger partial charge in [-0.3, -0.25) is 4.79 Å². The smallest absolute Gasteiger partial charge is 0.166 e. The first-order chi connectivity index (χ1) is 5.13. The molecule has 1 nitrogen and oxygen atoms in total. The van der Waals surface area contributed by atoms with Crippen molar-refractivity contribution < 1.29 is 4.79 Å². The molecule has 0 amide bonds. The third kappa shape index (κ3) is 1.48. The predicted octanol–water partition coefficient (Wildman–Crippen LogP) is 2.26. The summed E-state index contributed by atoms with van der Waals surface area (Å²) in [7, 11) is 0. The second-order valence-electron chi connectivity index (χ2n) is 2.95. The minimum absolute atomic E-state index is 0.119. The number of rotatable bonds is 1. The lowest BCUT2D eigenvalue weighted by Crippen LogP contribution is -2.17. The molecule has 1 aliphatic rings. The molecule has 0 saturated carbocycles. The Morgan fingerprint density at radius 2 is 2.36 bits per heavy atom. The third-order valence-corrected chi connectivity index (χ3v) is 1.85. The van der Waals surface area contributed by atoms with E-state index >= 15 is 0 Å². The van der Waals surface area contributed by atoms with Gasteiger partial charge in [-0.2, -0.15) is 0 Å². The van der Waals surface area contributed by atoms with Crippen LogP contribution in [0.4, 0.5) is 0 Å². The second kappa shape index (κ2) is 2.87. The molecule has 0 aromatic heterocycles. The first kappa shape index (κ1) is 7.99. The quantitative estimate of drug-likeness (QED) is 0.521. The second-order valence-corrected chi connectivity index (χ2v) is 2.95. The van der Waals surface area contributed by atoms with Crippen LogP contribution in [0.3, 0.4) is 0 Å². The maximum absolute atomic E-state index is 11.2. The van der Waals surface area contributed by atoms with E-state index in [2.05, 4.69) is 13.2 Å². The van der Waals surface area contributed by atoms with Crippen LogP contribution < -0.4 is 0 Å². The average Bonchev–Trinajstić information content (AvgIpc) is 1.85. The van der Waals surface area contributed by atoms with Gasteiger partial charge in [0.05, 0.1) is 5.92 Å². The largest absolute Gasteiger partial charge is 0.294 e. The van der Waals surface area contributed by atoms with Crippen molar-refractivity contribution in [2.45, 2.75) is 13.3 Å². The van der Waals surface area contributed by atoms with Crippen molar-refractivity contribution >= 4 is 5.78 Å². The molecule has 0 heterocycles. The molecule has 0 saturated heterocycles. The van der Waals surface area contributed by atoms with Crippen molar-refractivity contribution in [3.63, 3.8) is 0 Å². The highest BCUT2D eigenvalue weighted by Gasteiger charge is 2.21. The zero-order chi connectivity index (χ0) is 8.43. The fourth-order valence-corrected chi connectivity index (χ4v) is 1.33. The molecule has 0 aromatic rings. The monoisotopic (exact) mass is 148 g/mol. The van der Waals surface area contributed by atoms with E-state index in [1.807, 2.05) is 13.0 Å². The van der Waals surface area contributed by atoms with Crippen LogP contribution in [0, 0.1) is 5.92 Å². The molecular weight excluding hydrogens is 136 g/mol. The summed E-state index contributed by atoms with van der Waals surface area (Å²) in [4.78, 5) is 11.2. The van der Waals surface area contributed by atoms with Crippen molar-refractivity contribution in [2.75, 3.05) is 0 Å². The van der Waals surface area contributed by atoms with E-state index in [9.17, 15) is 4.79 Å². The van der Waals surface area contributed by atoms with E-state index in [1.54, 1.807) is 6.08 Å². The van der Waals surface area contributed by atoms with Crippen LogP contribution in [0.5, 0.6) is 0 Å². The number of hydrogen-bond donors (Lipinski definition) is 0. The average molecular weight is 148 g/mol. The maximum atomic E-state index is 11.2. The molecule has 0 spiro atoms. The van der Waals surface area contributed by atoms with E-state index in [1.165, 1.54) is 0 Å². The van der Waals surface area contributed by atoms with Gasteiger partial charge in [0.15, 0.2) is 5.78 Å². The molecule has 0 bridgehead atoms. The predicted molar refractivity (Wildman–Crippen MR) is 46.2 cm³/mol. The van der Waals surface area contributed by atoms with Gasteiger partial charge in [0.1, 0.15) is 0 Å². The van der Waals surface area contributed by atoms with E-state index in [-0.39, 0.29) is 11.7 Å². The van der Waals surface area contributed by atoms with Crippen LogP contribution in [-0.2, 0) is 4.79 Å². The number of carbonyl (C=O) groups is 1. The topological polar surface area (TPSA) is 17.1 Å². The molecule has 1 unspecified atom stereocenters. The van der Waals surface area contributed by atoms with Crippen LogP contribution in [0.25, 0.3) is 0 Å². The Balaban J connectivity index is 2.92. The SMILES string of the molecule is C=C(C)C1C(=C)CC=CC1=O. The van der Waals surface area contributed by atoms with Gasteiger partial charge in [-0.15, -0.1) is 0 Å². The van der Waals surface area contributed by atoms with Crippen molar-refractivity contribution in [1.82, 2.24) is 0 Å². The number of ketones is 1. The zero-order valence-corrected chi connectivity index (χ0v) is 6.76. The normalized spacial score (nSPS) is 23.9. The van der Waals surface area contributed by atoms with Crippen molar-refractivity contribution in [2.24, 2.45) is 5.92 Å². The summed E-state index contributed by atoms with van der Waals surface area (Å²) in [6.07, 6.45) is 4.28. The summed E-state index contributed by atoms with van der Waals surface area (Å²) in [5.74, 6) is -0.00579. The molecule has 1 aliphatic carbocycles. The molecular formula is C10H12O. The highest BCUT2D eigenvalue weighted by molar-refractivity contribution is 5.96. The molecule has 0 aliphatic heterocycles. The Labute approximate surface area is 67.1 Å². The zero-order valence-electron chi connectivity index (χ0n) is 6.76. The highest BCUT2D eigenvalue weighted by Crippen LogP contribution is 2.25. The van der Waals surface area contributed by atoms with Crippen molar-refractivity contribution in [3.05, 3.63) is 36.5 Å². The van der Waals surface area contributed by atoms with Gasteiger partial charge < -0.3 is 0 Å². The van der Waals surface area contributed by atoms with E-state index < -0.39 is 0 Å². The van der Waals surface area contributed by atoms with Gasteiger partial charge in [-0.05, 0) is 19.4 Å². The summed E-state index contributed by atoms with van der Waals surface area (Å²) in [6.45, 7) is 9.47. The number of hydrogen-bond acceptors (Lipinski definition) is 1. The summed E-state index contributed by atoms with van der Waals surface area (Å²) >= 11 is 0. The van der Waals surface area contributed by atoms with Gasteiger partial charge in [-0.1, -0.05) is 30.4 Å². The lowest BCUT2D eigenvalue weighted by atomic mass is 9.84. The Kier molecular flexibility index (Phi) is 2.08. The summed E-state index contributed by atoms with van der Waals surface area (Å²) < 4.78 is 0. The molecule has 11 heavy (non-hydrogen) atoms. The fraction of sp³-hybridized carbons (Fsp3) is 0.300. The fourth-order valence-electron chi connectivity index (χ4n) is 1.33. The standard InChI is InChI=1S/C10H12O/c1-7(2)10-8(3)5-4-6-9(10)11/h4,6,10H,1,3,5H2,2H3. The minimum atomic E-state index is -0.125. The highest BCUT2D eigenvalue weighted by atomic mass is 16.1. The van der Waals surface area contributed by atoms with Crippen LogP contribution in [0.1, 0.15) is 13.3 Å². The van der Waals surface area contributed by atoms with Crippen LogP contribution in [0.15, 0.2) is 36.5 Å². The Morgan fingerprint density at radius 1 is 1.73 bits per heavy atom. The maximum Gasteiger partial charge on any atom is 0.166 e. The first-order valence-corrected chi connectivity index (χ1v) is 3.66. The first-order valence-electron chi connectivity index (χ1n) is 3.66. The van der Waals surface area contributed by atoms with Crippen molar-refractivity contribution in [1.29, 1.82) is 0 Å². The molecule has 1 heteroatoms. The molecule has 0 N–H and O–H groups in total. The third-order valence-electron chi connectivity index (χ3n) is 1.85. The Hall–Kier alpha value is -1.11. The van der Waals surface area contributed by atoms with Gasteiger partial charge >= 0.3 is 0 Å². The van der Waals surface area contributed by atoms with E-state index in [0.29, 0.717) is 0 Å². The molecule has 0 radical (unpaired) electrons. The summed E-state index contributed by atoms with van der Waals surface area (Å²) in [5, 5.41) is 0. The van der Waals surface area contributed by atoms with Crippen LogP contribution >= 0.6 is 0 Å². The molecule has 0 fully saturated rings. The van der Waals surface area contributed by atoms with Gasteiger partial charge in [0.2, 0.25) is 0 Å². The lowest BCUT2D eigenvalue weighted by molar-refractivity contribution is -0.116.